The Hall–Kier alpha value is -2.87. The van der Waals surface area contributed by atoms with Crippen LogP contribution in [0.1, 0.15) is 34.1 Å². The van der Waals surface area contributed by atoms with E-state index >= 15 is 0 Å². The molecule has 0 heterocycles. The van der Waals surface area contributed by atoms with Gasteiger partial charge in [-0.25, -0.2) is 0 Å². The molecule has 4 aromatic rings. The van der Waals surface area contributed by atoms with Gasteiger partial charge in [-0.15, -0.1) is 0 Å². The lowest BCUT2D eigenvalue weighted by Crippen LogP contribution is -2.24. The topological polar surface area (TPSA) is 17.1 Å². The van der Waals surface area contributed by atoms with Gasteiger partial charge in [-0.1, -0.05) is 108 Å². The average Bonchev–Trinajstić information content (AvgIpc) is 2.83. The SMILES string of the molecule is O=C(C(Cc1ccccc1)c1ccc(Cl)cc1)C(Cc1ccccc1)c1ccc(Cl)cc1. The summed E-state index contributed by atoms with van der Waals surface area (Å²) in [4.78, 5) is 14.2. The molecular weight excluding hydrogens is 435 g/mol. The Morgan fingerprint density at radius 3 is 1.22 bits per heavy atom. The van der Waals surface area contributed by atoms with Gasteiger partial charge < -0.3 is 0 Å². The zero-order valence-corrected chi connectivity index (χ0v) is 19.1. The second-order valence-corrected chi connectivity index (χ2v) is 8.86. The van der Waals surface area contributed by atoms with Gasteiger partial charge in [-0.2, -0.15) is 0 Å². The number of hydrogen-bond acceptors (Lipinski definition) is 1. The quantitative estimate of drug-likeness (QED) is 0.262. The van der Waals surface area contributed by atoms with E-state index in [1.54, 1.807) is 0 Å². The molecule has 0 fully saturated rings. The summed E-state index contributed by atoms with van der Waals surface area (Å²) in [6, 6.07) is 35.6. The first kappa shape index (κ1) is 22.3. The molecule has 0 aromatic heterocycles. The molecule has 0 radical (unpaired) electrons. The number of ketones is 1. The lowest BCUT2D eigenvalue weighted by molar-refractivity contribution is -0.122. The predicted octanol–water partition coefficient (Wildman–Crippen LogP) is 7.92. The number of hydrogen-bond donors (Lipinski definition) is 0. The molecule has 3 heteroatoms. The molecule has 0 spiro atoms. The average molecular weight is 459 g/mol. The zero-order valence-electron chi connectivity index (χ0n) is 17.6. The van der Waals surface area contributed by atoms with Crippen molar-refractivity contribution in [3.63, 3.8) is 0 Å². The molecule has 160 valence electrons. The van der Waals surface area contributed by atoms with Crippen LogP contribution in [0.5, 0.6) is 0 Å². The minimum Gasteiger partial charge on any atom is -0.298 e. The van der Waals surface area contributed by atoms with E-state index in [9.17, 15) is 4.79 Å². The van der Waals surface area contributed by atoms with Gasteiger partial charge in [0.1, 0.15) is 5.78 Å². The molecule has 0 amide bonds. The summed E-state index contributed by atoms with van der Waals surface area (Å²) >= 11 is 12.3. The molecule has 0 aliphatic heterocycles. The molecule has 2 unspecified atom stereocenters. The summed E-state index contributed by atoms with van der Waals surface area (Å²) < 4.78 is 0. The maximum Gasteiger partial charge on any atom is 0.148 e. The van der Waals surface area contributed by atoms with Crippen molar-refractivity contribution in [3.8, 4) is 0 Å². The Kier molecular flexibility index (Phi) is 7.42. The Morgan fingerprint density at radius 1 is 0.531 bits per heavy atom. The highest BCUT2D eigenvalue weighted by Gasteiger charge is 2.30. The number of benzene rings is 4. The van der Waals surface area contributed by atoms with Gasteiger partial charge in [-0.05, 0) is 59.4 Å². The first-order chi connectivity index (χ1) is 15.6. The summed E-state index contributed by atoms with van der Waals surface area (Å²) in [5, 5.41) is 1.33. The summed E-state index contributed by atoms with van der Waals surface area (Å²) in [6.45, 7) is 0. The van der Waals surface area contributed by atoms with Gasteiger partial charge in [0.25, 0.3) is 0 Å². The van der Waals surface area contributed by atoms with E-state index in [0.29, 0.717) is 22.9 Å². The normalized spacial score (nSPS) is 12.8. The smallest absolute Gasteiger partial charge is 0.148 e. The van der Waals surface area contributed by atoms with Crippen molar-refractivity contribution in [1.29, 1.82) is 0 Å². The molecule has 0 aliphatic carbocycles. The van der Waals surface area contributed by atoms with Crippen LogP contribution in [0.4, 0.5) is 0 Å². The van der Waals surface area contributed by atoms with E-state index in [1.807, 2.05) is 84.9 Å². The Labute approximate surface area is 199 Å². The Bertz CT molecular complexity index is 1040. The third-order valence-electron chi connectivity index (χ3n) is 5.80. The van der Waals surface area contributed by atoms with Gasteiger partial charge in [-0.3, -0.25) is 4.79 Å². The van der Waals surface area contributed by atoms with Crippen LogP contribution in [0.15, 0.2) is 109 Å². The van der Waals surface area contributed by atoms with E-state index in [1.165, 1.54) is 0 Å². The van der Waals surface area contributed by atoms with Gasteiger partial charge >= 0.3 is 0 Å². The number of carbonyl (C=O) groups excluding carboxylic acids is 1. The van der Waals surface area contributed by atoms with Gasteiger partial charge in [0.05, 0.1) is 0 Å². The van der Waals surface area contributed by atoms with Crippen molar-refractivity contribution < 1.29 is 4.79 Å². The second-order valence-electron chi connectivity index (χ2n) is 7.99. The highest BCUT2D eigenvalue weighted by atomic mass is 35.5. The van der Waals surface area contributed by atoms with Crippen LogP contribution in [0.2, 0.25) is 10.0 Å². The number of Topliss-reactive ketones (excluding diaryl/α,β-unsaturated/α-hetero) is 1. The highest BCUT2D eigenvalue weighted by Crippen LogP contribution is 2.33. The molecule has 1 nitrogen and oxygen atoms in total. The summed E-state index contributed by atoms with van der Waals surface area (Å²) in [5.41, 5.74) is 4.23. The van der Waals surface area contributed by atoms with Crippen molar-refractivity contribution in [1.82, 2.24) is 0 Å². The fourth-order valence-electron chi connectivity index (χ4n) is 4.10. The van der Waals surface area contributed by atoms with Gasteiger partial charge in [0, 0.05) is 21.9 Å². The van der Waals surface area contributed by atoms with Crippen molar-refractivity contribution >= 4 is 29.0 Å². The predicted molar refractivity (Wildman–Crippen MR) is 134 cm³/mol. The Balaban J connectivity index is 1.73. The monoisotopic (exact) mass is 458 g/mol. The third-order valence-corrected chi connectivity index (χ3v) is 6.30. The van der Waals surface area contributed by atoms with Crippen molar-refractivity contribution in [3.05, 3.63) is 141 Å². The molecule has 4 rings (SSSR count). The van der Waals surface area contributed by atoms with Crippen LogP contribution in [0.25, 0.3) is 0 Å². The highest BCUT2D eigenvalue weighted by molar-refractivity contribution is 6.30. The molecule has 4 aromatic carbocycles. The molecule has 0 N–H and O–H groups in total. The zero-order chi connectivity index (χ0) is 22.3. The molecule has 0 aliphatic rings. The molecule has 0 bridgehead atoms. The van der Waals surface area contributed by atoms with Crippen molar-refractivity contribution in [2.75, 3.05) is 0 Å². The summed E-state index contributed by atoms with van der Waals surface area (Å²) in [5.74, 6) is -0.361. The number of halogens is 2. The van der Waals surface area contributed by atoms with Crippen LogP contribution in [0, 0.1) is 0 Å². The lowest BCUT2D eigenvalue weighted by Gasteiger charge is -2.24. The van der Waals surface area contributed by atoms with Crippen molar-refractivity contribution in [2.24, 2.45) is 0 Å². The summed E-state index contributed by atoms with van der Waals surface area (Å²) in [7, 11) is 0. The van der Waals surface area contributed by atoms with E-state index in [4.69, 9.17) is 23.2 Å². The van der Waals surface area contributed by atoms with E-state index < -0.39 is 0 Å². The molecule has 32 heavy (non-hydrogen) atoms. The number of rotatable bonds is 8. The molecular formula is C29H24Cl2O. The largest absolute Gasteiger partial charge is 0.298 e. The maximum atomic E-state index is 14.2. The fraction of sp³-hybridized carbons (Fsp3) is 0.138. The van der Waals surface area contributed by atoms with Crippen LogP contribution in [0.3, 0.4) is 0 Å². The number of carbonyl (C=O) groups is 1. The minimum absolute atomic E-state index is 0.197. The van der Waals surface area contributed by atoms with Gasteiger partial charge in [0.15, 0.2) is 0 Å². The standard InChI is InChI=1S/C29H24Cl2O/c30-25-15-11-23(12-16-25)27(19-21-7-3-1-4-8-21)29(32)28(20-22-9-5-2-6-10-22)24-13-17-26(31)18-14-24/h1-18,27-28H,19-20H2. The fourth-order valence-corrected chi connectivity index (χ4v) is 4.35. The molecule has 0 saturated carbocycles. The second kappa shape index (κ2) is 10.6. The maximum absolute atomic E-state index is 14.2. The first-order valence-electron chi connectivity index (χ1n) is 10.7. The van der Waals surface area contributed by atoms with Crippen LogP contribution < -0.4 is 0 Å². The van der Waals surface area contributed by atoms with E-state index in [-0.39, 0.29) is 17.6 Å². The van der Waals surface area contributed by atoms with Crippen molar-refractivity contribution in [2.45, 2.75) is 24.7 Å². The van der Waals surface area contributed by atoms with E-state index in [0.717, 1.165) is 22.3 Å². The van der Waals surface area contributed by atoms with E-state index in [2.05, 4.69) is 24.3 Å². The minimum atomic E-state index is -0.279. The van der Waals surface area contributed by atoms with Crippen LogP contribution in [-0.2, 0) is 17.6 Å². The van der Waals surface area contributed by atoms with Gasteiger partial charge in [0.2, 0.25) is 0 Å². The summed E-state index contributed by atoms with van der Waals surface area (Å²) in [6.07, 6.45) is 1.28. The van der Waals surface area contributed by atoms with Crippen LogP contribution >= 0.6 is 23.2 Å². The molecule has 2 atom stereocenters. The molecule has 0 saturated heterocycles. The Morgan fingerprint density at radius 2 is 0.875 bits per heavy atom. The third kappa shape index (κ3) is 5.68. The lowest BCUT2D eigenvalue weighted by atomic mass is 9.78. The first-order valence-corrected chi connectivity index (χ1v) is 11.5. The van der Waals surface area contributed by atoms with Crippen LogP contribution in [-0.4, -0.2) is 5.78 Å².